The van der Waals surface area contributed by atoms with Gasteiger partial charge in [-0.1, -0.05) is 0 Å². The number of piperidine rings is 1. The lowest BCUT2D eigenvalue weighted by molar-refractivity contribution is -0.234. The Hall–Kier alpha value is -3.90. The Kier molecular flexibility index (Phi) is 7.34. The third-order valence-corrected chi connectivity index (χ3v) is 6.64. The summed E-state index contributed by atoms with van der Waals surface area (Å²) in [6.07, 6.45) is 3.79. The first kappa shape index (κ1) is 25.7. The van der Waals surface area contributed by atoms with E-state index in [0.717, 1.165) is 32.4 Å². The van der Waals surface area contributed by atoms with Gasteiger partial charge in [0.05, 0.1) is 35.7 Å². The molecule has 2 aromatic heterocycles. The van der Waals surface area contributed by atoms with Crippen molar-refractivity contribution in [1.82, 2.24) is 24.8 Å². The van der Waals surface area contributed by atoms with Crippen molar-refractivity contribution in [2.45, 2.75) is 32.5 Å². The quantitative estimate of drug-likeness (QED) is 0.424. The van der Waals surface area contributed by atoms with Gasteiger partial charge in [-0.15, -0.1) is 0 Å². The summed E-state index contributed by atoms with van der Waals surface area (Å²) in [4.78, 5) is 42.4. The van der Waals surface area contributed by atoms with Gasteiger partial charge in [0.2, 0.25) is 18.1 Å². The number of nitrogens with zero attached hydrogens (tertiary/aromatic N) is 4. The van der Waals surface area contributed by atoms with Gasteiger partial charge < -0.3 is 29.8 Å². The van der Waals surface area contributed by atoms with Gasteiger partial charge in [0, 0.05) is 24.8 Å². The summed E-state index contributed by atoms with van der Waals surface area (Å²) in [7, 11) is 0. The zero-order chi connectivity index (χ0) is 26.7. The fraction of sp³-hybridized carbons (Fsp3) is 0.423. The first-order valence-electron chi connectivity index (χ1n) is 12.5. The van der Waals surface area contributed by atoms with Crippen LogP contribution in [0.4, 0.5) is 10.3 Å². The van der Waals surface area contributed by atoms with Gasteiger partial charge in [0.25, 0.3) is 0 Å². The average molecular weight is 525 g/mol. The van der Waals surface area contributed by atoms with Crippen molar-refractivity contribution in [2.75, 3.05) is 38.2 Å². The molecule has 0 unspecified atom stereocenters. The number of halogens is 1. The molecular weight excluding hydrogens is 495 g/mol. The third-order valence-electron chi connectivity index (χ3n) is 6.64. The Morgan fingerprint density at radius 2 is 1.84 bits per heavy atom. The molecule has 2 aliphatic heterocycles. The van der Waals surface area contributed by atoms with E-state index in [0.29, 0.717) is 28.5 Å². The molecule has 0 radical (unpaired) electrons. The van der Waals surface area contributed by atoms with Crippen LogP contribution >= 0.6 is 0 Å². The second-order valence-corrected chi connectivity index (χ2v) is 9.73. The van der Waals surface area contributed by atoms with Crippen LogP contribution in [-0.2, 0) is 19.1 Å². The number of H-pyrrole nitrogens is 1. The molecule has 38 heavy (non-hydrogen) atoms. The number of aliphatic carboxylic acids is 1. The molecule has 0 aliphatic carbocycles. The lowest BCUT2D eigenvalue weighted by atomic mass is 9.89. The second-order valence-electron chi connectivity index (χ2n) is 9.73. The molecule has 2 aliphatic rings. The van der Waals surface area contributed by atoms with Crippen molar-refractivity contribution >= 4 is 17.8 Å². The molecule has 0 saturated carbocycles. The summed E-state index contributed by atoms with van der Waals surface area (Å²) >= 11 is 0. The first-order valence-corrected chi connectivity index (χ1v) is 12.5. The van der Waals surface area contributed by atoms with Crippen molar-refractivity contribution < 1.29 is 28.6 Å². The molecule has 0 atom stereocenters. The Morgan fingerprint density at radius 3 is 2.53 bits per heavy atom. The number of amides is 1. The van der Waals surface area contributed by atoms with Gasteiger partial charge in [0.1, 0.15) is 12.4 Å². The normalized spacial score (nSPS) is 21.7. The maximum Gasteiger partial charge on any atom is 0.322 e. The van der Waals surface area contributed by atoms with Gasteiger partial charge in [0.15, 0.2) is 5.82 Å². The highest BCUT2D eigenvalue weighted by molar-refractivity contribution is 5.83. The summed E-state index contributed by atoms with van der Waals surface area (Å²) < 4.78 is 25.6. The zero-order valence-electron chi connectivity index (χ0n) is 20.9. The van der Waals surface area contributed by atoms with E-state index in [2.05, 4.69) is 20.3 Å². The molecule has 12 heteroatoms. The fourth-order valence-electron chi connectivity index (χ4n) is 4.61. The fourth-order valence-corrected chi connectivity index (χ4v) is 4.61. The number of aromatic nitrogens is 4. The topological polar surface area (TPSA) is 143 Å². The van der Waals surface area contributed by atoms with Gasteiger partial charge in [-0.3, -0.25) is 9.59 Å². The Labute approximate surface area is 218 Å². The minimum atomic E-state index is -1.05. The average Bonchev–Trinajstić information content (AvgIpc) is 3.38. The molecule has 1 aromatic carbocycles. The summed E-state index contributed by atoms with van der Waals surface area (Å²) in [5, 5.41) is 11.6. The van der Waals surface area contributed by atoms with Crippen molar-refractivity contribution in [2.24, 2.45) is 5.41 Å². The van der Waals surface area contributed by atoms with Crippen LogP contribution in [0.15, 0.2) is 36.5 Å². The predicted molar refractivity (Wildman–Crippen MR) is 134 cm³/mol. The standard InChI is InChI=1S/C26H29FN6O5/c1-26(24(36)33-11-3-2-4-12-33)14-37-23(38-15-26)22-31-20(16-5-7-17(27)8-6-16)21(32-22)18-9-10-28-25(30-18)29-13-19(34)35/h5-10,23H,2-4,11-15H2,1H3,(H,31,32)(H,34,35)(H,28,29,30). The summed E-state index contributed by atoms with van der Waals surface area (Å²) in [5.74, 6) is -0.907. The van der Waals surface area contributed by atoms with Crippen LogP contribution in [-0.4, -0.2) is 74.7 Å². The Bertz CT molecular complexity index is 1300. The number of anilines is 1. The molecule has 0 bridgehead atoms. The summed E-state index contributed by atoms with van der Waals surface area (Å²) in [6.45, 7) is 3.36. The highest BCUT2D eigenvalue weighted by Crippen LogP contribution is 2.36. The van der Waals surface area contributed by atoms with E-state index in [-0.39, 0.29) is 37.4 Å². The van der Waals surface area contributed by atoms with Crippen LogP contribution in [0.5, 0.6) is 0 Å². The molecule has 4 heterocycles. The summed E-state index contributed by atoms with van der Waals surface area (Å²) in [5.41, 5.74) is 1.25. The lowest BCUT2D eigenvalue weighted by Crippen LogP contribution is -2.51. The summed E-state index contributed by atoms with van der Waals surface area (Å²) in [6, 6.07) is 7.51. The zero-order valence-corrected chi connectivity index (χ0v) is 20.9. The molecule has 11 nitrogen and oxygen atoms in total. The molecule has 5 rings (SSSR count). The molecule has 2 fully saturated rings. The number of carboxylic acid groups (broad SMARTS) is 1. The molecule has 1 amide bonds. The van der Waals surface area contributed by atoms with Crippen LogP contribution in [0.3, 0.4) is 0 Å². The van der Waals surface area contributed by atoms with Crippen LogP contribution in [0, 0.1) is 11.2 Å². The largest absolute Gasteiger partial charge is 0.480 e. The van der Waals surface area contributed by atoms with Crippen LogP contribution in [0.2, 0.25) is 0 Å². The number of aromatic amines is 1. The number of benzene rings is 1. The van der Waals surface area contributed by atoms with E-state index in [1.807, 2.05) is 11.8 Å². The van der Waals surface area contributed by atoms with Crippen molar-refractivity contribution in [3.63, 3.8) is 0 Å². The minimum Gasteiger partial charge on any atom is -0.480 e. The molecule has 200 valence electrons. The van der Waals surface area contributed by atoms with Crippen LogP contribution in [0.25, 0.3) is 22.6 Å². The lowest BCUT2D eigenvalue weighted by Gasteiger charge is -2.40. The van der Waals surface area contributed by atoms with Crippen LogP contribution in [0.1, 0.15) is 38.3 Å². The Balaban J connectivity index is 1.41. The highest BCUT2D eigenvalue weighted by atomic mass is 19.1. The molecule has 3 aromatic rings. The number of hydrogen-bond acceptors (Lipinski definition) is 8. The van der Waals surface area contributed by atoms with Crippen LogP contribution < -0.4 is 5.32 Å². The van der Waals surface area contributed by atoms with E-state index in [1.165, 1.54) is 18.3 Å². The number of likely N-dealkylation sites (tertiary alicyclic amines) is 1. The van der Waals surface area contributed by atoms with Gasteiger partial charge in [-0.05, 0) is 56.5 Å². The monoisotopic (exact) mass is 524 g/mol. The number of nitrogens with one attached hydrogen (secondary N) is 2. The van der Waals surface area contributed by atoms with Crippen molar-refractivity contribution in [3.05, 3.63) is 48.2 Å². The van der Waals surface area contributed by atoms with Crippen molar-refractivity contribution in [1.29, 1.82) is 0 Å². The van der Waals surface area contributed by atoms with E-state index in [4.69, 9.17) is 19.6 Å². The minimum absolute atomic E-state index is 0.0326. The number of hydrogen-bond donors (Lipinski definition) is 3. The van der Waals surface area contributed by atoms with E-state index >= 15 is 0 Å². The molecule has 2 saturated heterocycles. The van der Waals surface area contributed by atoms with Crippen molar-refractivity contribution in [3.8, 4) is 22.6 Å². The number of ether oxygens (including phenoxy) is 2. The van der Waals surface area contributed by atoms with Gasteiger partial charge >= 0.3 is 5.97 Å². The van der Waals surface area contributed by atoms with E-state index in [1.54, 1.807) is 18.2 Å². The molecule has 3 N–H and O–H groups in total. The Morgan fingerprint density at radius 1 is 1.13 bits per heavy atom. The number of rotatable bonds is 7. The molecule has 0 spiro atoms. The van der Waals surface area contributed by atoms with Gasteiger partial charge in [-0.2, -0.15) is 0 Å². The smallest absolute Gasteiger partial charge is 0.322 e. The van der Waals surface area contributed by atoms with Gasteiger partial charge in [-0.25, -0.2) is 19.3 Å². The second kappa shape index (κ2) is 10.8. The van der Waals surface area contributed by atoms with E-state index in [9.17, 15) is 14.0 Å². The maximum absolute atomic E-state index is 13.6. The SMILES string of the molecule is CC1(C(=O)N2CCCCC2)COC(c2nc(-c3ccc(F)cc3)c(-c3ccnc(NCC(=O)O)n3)[nH]2)OC1. The van der Waals surface area contributed by atoms with E-state index < -0.39 is 17.7 Å². The third kappa shape index (κ3) is 5.50. The highest BCUT2D eigenvalue weighted by Gasteiger charge is 2.43. The number of carbonyl (C=O) groups is 2. The first-order chi connectivity index (χ1) is 18.3. The number of carbonyl (C=O) groups excluding carboxylic acids is 1. The predicted octanol–water partition coefficient (Wildman–Crippen LogP) is 3.23. The number of carboxylic acids is 1. The number of imidazole rings is 1. The maximum atomic E-state index is 13.6. The molecular formula is C26H29FN6O5.